The molecule has 142 valence electrons. The van der Waals surface area contributed by atoms with Gasteiger partial charge >= 0.3 is 0 Å². The molecule has 3 aromatic rings. The van der Waals surface area contributed by atoms with Gasteiger partial charge in [-0.15, -0.1) is 0 Å². The molecule has 0 aliphatic heterocycles. The van der Waals surface area contributed by atoms with Gasteiger partial charge in [0.2, 0.25) is 0 Å². The average Bonchev–Trinajstić information content (AvgIpc) is 2.52. The van der Waals surface area contributed by atoms with E-state index >= 15 is 0 Å². The third-order valence-corrected chi connectivity index (χ3v) is 4.44. The van der Waals surface area contributed by atoms with E-state index in [1.165, 1.54) is 6.07 Å². The third kappa shape index (κ3) is 3.54. The standard InChI is InChI=1S/C22H24O5/c1-11(2)6-7-15-20(25)19(16(23)8-12(3)4)22-18-14(10-17(24)27-22)9-13(5)26-21(15)18/h6,9-10,12,24H,7-8H2,1-5H3. The molecular formula is C22H24O5. The average molecular weight is 368 g/mol. The SMILES string of the molecule is CC(C)=CCc1c(=O)c(C(=O)CC(C)C)c2oc(O)cc3cc(C)oc1c32. The molecule has 0 aliphatic carbocycles. The van der Waals surface area contributed by atoms with Crippen LogP contribution in [0.25, 0.3) is 21.9 Å². The van der Waals surface area contributed by atoms with Gasteiger partial charge in [0.1, 0.15) is 16.9 Å². The van der Waals surface area contributed by atoms with Crippen molar-refractivity contribution in [3.05, 3.63) is 50.9 Å². The molecule has 0 saturated heterocycles. The van der Waals surface area contributed by atoms with Crippen LogP contribution in [0, 0.1) is 12.8 Å². The number of hydrogen-bond acceptors (Lipinski definition) is 5. The molecule has 1 aromatic carbocycles. The summed E-state index contributed by atoms with van der Waals surface area (Å²) in [7, 11) is 0. The molecule has 5 heteroatoms. The minimum absolute atomic E-state index is 0.00620. The highest BCUT2D eigenvalue weighted by Crippen LogP contribution is 2.35. The van der Waals surface area contributed by atoms with Crippen LogP contribution in [0.5, 0.6) is 5.95 Å². The Balaban J connectivity index is 2.49. The maximum atomic E-state index is 13.3. The van der Waals surface area contributed by atoms with E-state index in [4.69, 9.17) is 8.83 Å². The zero-order chi connectivity index (χ0) is 19.9. The lowest BCUT2D eigenvalue weighted by atomic mass is 9.93. The second kappa shape index (κ2) is 7.06. The number of carbonyl (C=O) groups excluding carboxylic acids is 1. The number of rotatable bonds is 5. The van der Waals surface area contributed by atoms with Crippen LogP contribution in [-0.2, 0) is 6.42 Å². The van der Waals surface area contributed by atoms with E-state index in [0.717, 1.165) is 5.57 Å². The summed E-state index contributed by atoms with van der Waals surface area (Å²) in [6, 6.07) is 3.24. The lowest BCUT2D eigenvalue weighted by Crippen LogP contribution is -2.21. The number of Topliss-reactive ketones (excluding diaryl/α,β-unsaturated/α-hetero) is 1. The first-order valence-corrected chi connectivity index (χ1v) is 9.07. The molecule has 0 atom stereocenters. The normalized spacial score (nSPS) is 11.5. The summed E-state index contributed by atoms with van der Waals surface area (Å²) in [5.74, 6) is 0.0699. The fourth-order valence-corrected chi connectivity index (χ4v) is 3.29. The molecule has 5 nitrogen and oxygen atoms in total. The second-order valence-corrected chi connectivity index (χ2v) is 7.62. The Labute approximate surface area is 157 Å². The quantitative estimate of drug-likeness (QED) is 0.489. The maximum Gasteiger partial charge on any atom is 0.282 e. The molecule has 0 saturated carbocycles. The van der Waals surface area contributed by atoms with E-state index in [2.05, 4.69) is 0 Å². The number of hydrogen-bond donors (Lipinski definition) is 1. The van der Waals surface area contributed by atoms with Crippen molar-refractivity contribution in [3.8, 4) is 5.95 Å². The molecule has 2 heterocycles. The third-order valence-electron chi connectivity index (χ3n) is 4.44. The van der Waals surface area contributed by atoms with E-state index in [9.17, 15) is 14.7 Å². The van der Waals surface area contributed by atoms with Crippen molar-refractivity contribution in [1.82, 2.24) is 0 Å². The van der Waals surface area contributed by atoms with Gasteiger partial charge in [-0.2, -0.15) is 0 Å². The van der Waals surface area contributed by atoms with Gasteiger partial charge < -0.3 is 13.9 Å². The van der Waals surface area contributed by atoms with Crippen LogP contribution in [0.15, 0.2) is 37.4 Å². The van der Waals surface area contributed by atoms with Crippen LogP contribution in [0.4, 0.5) is 0 Å². The summed E-state index contributed by atoms with van der Waals surface area (Å²) >= 11 is 0. The highest BCUT2D eigenvalue weighted by molar-refractivity contribution is 6.15. The van der Waals surface area contributed by atoms with Gasteiger partial charge in [-0.25, -0.2) is 0 Å². The first-order chi connectivity index (χ1) is 12.7. The van der Waals surface area contributed by atoms with Gasteiger partial charge in [0, 0.05) is 18.1 Å². The number of benzene rings is 1. The number of aryl methyl sites for hydroxylation is 1. The highest BCUT2D eigenvalue weighted by Gasteiger charge is 2.26. The Morgan fingerprint density at radius 1 is 1.19 bits per heavy atom. The van der Waals surface area contributed by atoms with Crippen molar-refractivity contribution in [2.24, 2.45) is 5.92 Å². The van der Waals surface area contributed by atoms with Gasteiger partial charge in [0.05, 0.1) is 5.39 Å². The van der Waals surface area contributed by atoms with Crippen molar-refractivity contribution >= 4 is 27.7 Å². The monoisotopic (exact) mass is 368 g/mol. The lowest BCUT2D eigenvalue weighted by Gasteiger charge is -2.13. The van der Waals surface area contributed by atoms with Crippen LogP contribution in [0.2, 0.25) is 0 Å². The summed E-state index contributed by atoms with van der Waals surface area (Å²) in [5.41, 5.74) is 1.61. The minimum Gasteiger partial charge on any atom is -0.481 e. The van der Waals surface area contributed by atoms with Crippen molar-refractivity contribution < 1.29 is 18.7 Å². The molecule has 3 rings (SSSR count). The van der Waals surface area contributed by atoms with Crippen LogP contribution in [0.3, 0.4) is 0 Å². The predicted molar refractivity (Wildman–Crippen MR) is 106 cm³/mol. The van der Waals surface area contributed by atoms with Crippen molar-refractivity contribution in [1.29, 1.82) is 0 Å². The molecule has 0 unspecified atom stereocenters. The topological polar surface area (TPSA) is 80.7 Å². The zero-order valence-corrected chi connectivity index (χ0v) is 16.3. The first kappa shape index (κ1) is 19.0. The van der Waals surface area contributed by atoms with Gasteiger partial charge in [-0.1, -0.05) is 25.5 Å². The summed E-state index contributed by atoms with van der Waals surface area (Å²) in [4.78, 5) is 26.1. The Morgan fingerprint density at radius 3 is 2.52 bits per heavy atom. The fraction of sp³-hybridized carbons (Fsp3) is 0.364. The highest BCUT2D eigenvalue weighted by atomic mass is 16.5. The Hall–Kier alpha value is -2.82. The van der Waals surface area contributed by atoms with E-state index < -0.39 is 5.43 Å². The Morgan fingerprint density at radius 2 is 1.89 bits per heavy atom. The molecular weight excluding hydrogens is 344 g/mol. The fourth-order valence-electron chi connectivity index (χ4n) is 3.29. The van der Waals surface area contributed by atoms with Crippen molar-refractivity contribution in [2.45, 2.75) is 47.5 Å². The summed E-state index contributed by atoms with van der Waals surface area (Å²) in [5, 5.41) is 11.2. The molecule has 0 radical (unpaired) electrons. The summed E-state index contributed by atoms with van der Waals surface area (Å²) < 4.78 is 11.3. The predicted octanol–water partition coefficient (Wildman–Crippen LogP) is 5.29. The molecule has 0 bridgehead atoms. The number of carbonyl (C=O) groups is 1. The van der Waals surface area contributed by atoms with E-state index in [-0.39, 0.29) is 35.2 Å². The Bertz CT molecular complexity index is 1120. The first-order valence-electron chi connectivity index (χ1n) is 9.07. The molecule has 0 aliphatic rings. The largest absolute Gasteiger partial charge is 0.481 e. The lowest BCUT2D eigenvalue weighted by molar-refractivity contribution is 0.0967. The minimum atomic E-state index is -0.393. The molecule has 0 amide bonds. The number of allylic oxidation sites excluding steroid dienone is 2. The molecule has 0 fully saturated rings. The smallest absolute Gasteiger partial charge is 0.282 e. The van der Waals surface area contributed by atoms with Gasteiger partial charge in [-0.3, -0.25) is 9.59 Å². The number of ketones is 1. The van der Waals surface area contributed by atoms with Gasteiger partial charge in [-0.05, 0) is 44.6 Å². The van der Waals surface area contributed by atoms with E-state index in [0.29, 0.717) is 34.1 Å². The molecule has 2 aromatic heterocycles. The molecule has 0 spiro atoms. The number of aromatic hydroxyl groups is 1. The van der Waals surface area contributed by atoms with Gasteiger partial charge in [0.25, 0.3) is 5.95 Å². The summed E-state index contributed by atoms with van der Waals surface area (Å²) in [6.45, 7) is 9.52. The van der Waals surface area contributed by atoms with Crippen LogP contribution in [0.1, 0.15) is 55.8 Å². The van der Waals surface area contributed by atoms with Crippen LogP contribution in [-0.4, -0.2) is 10.9 Å². The van der Waals surface area contributed by atoms with Crippen molar-refractivity contribution in [3.63, 3.8) is 0 Å². The maximum absolute atomic E-state index is 13.3. The van der Waals surface area contributed by atoms with Crippen LogP contribution >= 0.6 is 0 Å². The molecule has 27 heavy (non-hydrogen) atoms. The summed E-state index contributed by atoms with van der Waals surface area (Å²) in [6.07, 6.45) is 2.52. The van der Waals surface area contributed by atoms with E-state index in [1.54, 1.807) is 13.0 Å². The Kier molecular flexibility index (Phi) is 4.96. The van der Waals surface area contributed by atoms with Crippen LogP contribution < -0.4 is 5.43 Å². The molecule has 1 N–H and O–H groups in total. The second-order valence-electron chi connectivity index (χ2n) is 7.62. The van der Waals surface area contributed by atoms with Gasteiger partial charge in [0.15, 0.2) is 16.8 Å². The van der Waals surface area contributed by atoms with Crippen molar-refractivity contribution in [2.75, 3.05) is 0 Å². The zero-order valence-electron chi connectivity index (χ0n) is 16.3. The van der Waals surface area contributed by atoms with E-state index in [1.807, 2.05) is 33.8 Å².